The van der Waals surface area contributed by atoms with Crippen LogP contribution in [-0.4, -0.2) is 0 Å². The second kappa shape index (κ2) is 2.25. The first-order valence-electron chi connectivity index (χ1n) is 2.74. The van der Waals surface area contributed by atoms with E-state index in [1.165, 1.54) is 6.92 Å². The van der Waals surface area contributed by atoms with Crippen molar-refractivity contribution in [3.63, 3.8) is 0 Å². The van der Waals surface area contributed by atoms with Gasteiger partial charge in [-0.05, 0) is 12.5 Å². The van der Waals surface area contributed by atoms with Crippen LogP contribution in [0, 0.1) is 18.6 Å². The van der Waals surface area contributed by atoms with Crippen LogP contribution < -0.4 is 5.11 Å². The van der Waals surface area contributed by atoms with Crippen molar-refractivity contribution in [3.05, 3.63) is 29.3 Å². The molecule has 0 saturated heterocycles. The second-order valence-electron chi connectivity index (χ2n) is 2.03. The molecule has 0 saturated carbocycles. The van der Waals surface area contributed by atoms with Crippen LogP contribution in [0.2, 0.25) is 0 Å². The molecule has 1 rings (SSSR count). The first-order valence-corrected chi connectivity index (χ1v) is 2.74. The molecule has 10 heavy (non-hydrogen) atoms. The summed E-state index contributed by atoms with van der Waals surface area (Å²) < 4.78 is 24.6. The number of hydrogen-bond donors (Lipinski definition) is 0. The van der Waals surface area contributed by atoms with E-state index in [-0.39, 0.29) is 5.56 Å². The van der Waals surface area contributed by atoms with E-state index in [0.717, 1.165) is 6.07 Å². The Balaban J connectivity index is 3.28. The zero-order valence-corrected chi connectivity index (χ0v) is 5.32. The molecule has 1 aromatic carbocycles. The summed E-state index contributed by atoms with van der Waals surface area (Å²) in [6.07, 6.45) is 0. The highest BCUT2D eigenvalue weighted by molar-refractivity contribution is 5.28. The van der Waals surface area contributed by atoms with E-state index in [9.17, 15) is 13.9 Å². The summed E-state index contributed by atoms with van der Waals surface area (Å²) in [5.74, 6) is -2.49. The minimum absolute atomic E-state index is 0.173. The Morgan fingerprint density at radius 2 is 1.80 bits per heavy atom. The molecule has 0 bridgehead atoms. The van der Waals surface area contributed by atoms with Gasteiger partial charge < -0.3 is 5.11 Å². The maximum atomic E-state index is 12.4. The lowest BCUT2D eigenvalue weighted by atomic mass is 10.2. The van der Waals surface area contributed by atoms with Crippen LogP contribution in [0.3, 0.4) is 0 Å². The largest absolute Gasteiger partial charge is 0.870 e. The molecule has 0 spiro atoms. The Bertz CT molecular complexity index is 208. The molecule has 0 aliphatic heterocycles. The van der Waals surface area contributed by atoms with E-state index in [1.807, 2.05) is 0 Å². The number of rotatable bonds is 0. The molecule has 0 heterocycles. The molecule has 0 N–H and O–H groups in total. The van der Waals surface area contributed by atoms with Crippen molar-refractivity contribution in [2.45, 2.75) is 6.92 Å². The molecule has 0 radical (unpaired) electrons. The molecule has 0 aliphatic carbocycles. The van der Waals surface area contributed by atoms with Crippen LogP contribution in [0.1, 0.15) is 5.56 Å². The fourth-order valence-electron chi connectivity index (χ4n) is 0.631. The fourth-order valence-corrected chi connectivity index (χ4v) is 0.631. The monoisotopic (exact) mass is 143 g/mol. The van der Waals surface area contributed by atoms with Gasteiger partial charge in [0.2, 0.25) is 0 Å². The van der Waals surface area contributed by atoms with E-state index < -0.39 is 17.4 Å². The van der Waals surface area contributed by atoms with Gasteiger partial charge in [0.05, 0.1) is 0 Å². The van der Waals surface area contributed by atoms with Gasteiger partial charge >= 0.3 is 0 Å². The van der Waals surface area contributed by atoms with E-state index in [2.05, 4.69) is 0 Å². The Morgan fingerprint density at radius 1 is 1.20 bits per heavy atom. The van der Waals surface area contributed by atoms with Gasteiger partial charge in [-0.15, -0.1) is 0 Å². The molecule has 1 aromatic rings. The molecular weight excluding hydrogens is 138 g/mol. The Hall–Kier alpha value is -1.12. The van der Waals surface area contributed by atoms with Crippen molar-refractivity contribution in [1.29, 1.82) is 0 Å². The van der Waals surface area contributed by atoms with Crippen molar-refractivity contribution in [1.82, 2.24) is 0 Å². The molecule has 0 atom stereocenters. The Kier molecular flexibility index (Phi) is 1.57. The van der Waals surface area contributed by atoms with Gasteiger partial charge in [-0.25, -0.2) is 8.78 Å². The van der Waals surface area contributed by atoms with Crippen LogP contribution >= 0.6 is 0 Å². The molecule has 0 aliphatic rings. The minimum atomic E-state index is -1.04. The first-order chi connectivity index (χ1) is 4.61. The van der Waals surface area contributed by atoms with Crippen molar-refractivity contribution >= 4 is 0 Å². The molecule has 0 aromatic heterocycles. The Morgan fingerprint density at radius 3 is 2.30 bits per heavy atom. The highest BCUT2D eigenvalue weighted by atomic mass is 19.1. The maximum Gasteiger partial charge on any atom is 0.128 e. The normalized spacial score (nSPS) is 9.90. The fraction of sp³-hybridized carbons (Fsp3) is 0.143. The quantitative estimate of drug-likeness (QED) is 0.537. The number of aryl methyl sites for hydroxylation is 1. The highest BCUT2D eigenvalue weighted by Gasteiger charge is 1.98. The van der Waals surface area contributed by atoms with Crippen LogP contribution in [0.5, 0.6) is 5.75 Å². The van der Waals surface area contributed by atoms with Gasteiger partial charge in [0, 0.05) is 6.07 Å². The van der Waals surface area contributed by atoms with Gasteiger partial charge in [-0.3, -0.25) is 0 Å². The lowest BCUT2D eigenvalue weighted by Crippen LogP contribution is -1.96. The number of halogens is 2. The summed E-state index contributed by atoms with van der Waals surface area (Å²) in [6, 6.07) is 1.53. The van der Waals surface area contributed by atoms with Gasteiger partial charge in [0.25, 0.3) is 0 Å². The summed E-state index contributed by atoms with van der Waals surface area (Å²) in [6.45, 7) is 1.41. The maximum absolute atomic E-state index is 12.4. The van der Waals surface area contributed by atoms with Crippen LogP contribution in [0.15, 0.2) is 12.1 Å². The van der Waals surface area contributed by atoms with E-state index in [1.54, 1.807) is 0 Å². The molecular formula is C7H5F2O-. The summed E-state index contributed by atoms with van der Waals surface area (Å²) >= 11 is 0. The predicted octanol–water partition coefficient (Wildman–Crippen LogP) is 1.35. The highest BCUT2D eigenvalue weighted by Crippen LogP contribution is 2.16. The molecule has 0 amide bonds. The van der Waals surface area contributed by atoms with Gasteiger partial charge in [0.1, 0.15) is 11.6 Å². The zero-order valence-electron chi connectivity index (χ0n) is 5.32. The van der Waals surface area contributed by atoms with E-state index in [4.69, 9.17) is 0 Å². The third kappa shape index (κ3) is 1.07. The Labute approximate surface area is 56.9 Å². The van der Waals surface area contributed by atoms with Crippen molar-refractivity contribution in [3.8, 4) is 5.75 Å². The zero-order chi connectivity index (χ0) is 7.72. The molecule has 54 valence electrons. The smallest absolute Gasteiger partial charge is 0.128 e. The van der Waals surface area contributed by atoms with Gasteiger partial charge in [-0.1, -0.05) is 11.8 Å². The van der Waals surface area contributed by atoms with Gasteiger partial charge in [0.15, 0.2) is 0 Å². The van der Waals surface area contributed by atoms with Crippen molar-refractivity contribution in [2.24, 2.45) is 0 Å². The SMILES string of the molecule is Cc1cc([O-])c(F)cc1F. The topological polar surface area (TPSA) is 23.1 Å². The first kappa shape index (κ1) is 6.99. The summed E-state index contributed by atoms with van der Waals surface area (Å²) in [7, 11) is 0. The molecule has 3 heteroatoms. The lowest BCUT2D eigenvalue weighted by Gasteiger charge is -2.07. The second-order valence-corrected chi connectivity index (χ2v) is 2.03. The van der Waals surface area contributed by atoms with E-state index >= 15 is 0 Å². The number of benzene rings is 1. The average Bonchev–Trinajstić information content (AvgIpc) is 1.84. The third-order valence-corrected chi connectivity index (χ3v) is 1.21. The molecule has 0 fully saturated rings. The standard InChI is InChI=1S/C7H6F2O/c1-4-2-7(10)6(9)3-5(4)8/h2-3,10H,1H3/p-1. The van der Waals surface area contributed by atoms with Crippen LogP contribution in [-0.2, 0) is 0 Å². The molecule has 1 nitrogen and oxygen atoms in total. The minimum Gasteiger partial charge on any atom is -0.870 e. The van der Waals surface area contributed by atoms with Crippen molar-refractivity contribution < 1.29 is 13.9 Å². The molecule has 0 unspecified atom stereocenters. The van der Waals surface area contributed by atoms with Gasteiger partial charge in [-0.2, -0.15) is 0 Å². The summed E-state index contributed by atoms with van der Waals surface area (Å²) in [5.41, 5.74) is 0.173. The van der Waals surface area contributed by atoms with E-state index in [0.29, 0.717) is 6.07 Å². The predicted molar refractivity (Wildman–Crippen MR) is 30.5 cm³/mol. The summed E-state index contributed by atoms with van der Waals surface area (Å²) in [5, 5.41) is 10.5. The average molecular weight is 143 g/mol. The van der Waals surface area contributed by atoms with Crippen molar-refractivity contribution in [2.75, 3.05) is 0 Å². The summed E-state index contributed by atoms with van der Waals surface area (Å²) in [4.78, 5) is 0. The number of hydrogen-bond acceptors (Lipinski definition) is 1. The van der Waals surface area contributed by atoms with Crippen LogP contribution in [0.4, 0.5) is 8.78 Å². The lowest BCUT2D eigenvalue weighted by molar-refractivity contribution is -0.272. The third-order valence-electron chi connectivity index (χ3n) is 1.21. The van der Waals surface area contributed by atoms with Crippen LogP contribution in [0.25, 0.3) is 0 Å².